The number of aromatic nitrogens is 3. The van der Waals surface area contributed by atoms with E-state index in [1.54, 1.807) is 6.20 Å². The number of fused-ring (bicyclic) bond motifs is 1. The summed E-state index contributed by atoms with van der Waals surface area (Å²) in [6, 6.07) is -0.405. The third-order valence-electron chi connectivity index (χ3n) is 5.70. The van der Waals surface area contributed by atoms with E-state index in [0.717, 1.165) is 40.7 Å². The maximum atomic E-state index is 14.5. The molecular weight excluding hydrogens is 423 g/mol. The molecule has 0 saturated carbocycles. The van der Waals surface area contributed by atoms with Gasteiger partial charge in [0.05, 0.1) is 24.2 Å². The first-order chi connectivity index (χ1) is 14.8. The molecule has 11 heteroatoms. The molecule has 1 amide bonds. The first-order valence-corrected chi connectivity index (χ1v) is 10.7. The number of hydrazine groups is 1. The fraction of sp³-hybridized carbons (Fsp3) is 0.500. The van der Waals surface area contributed by atoms with Gasteiger partial charge >= 0.3 is 0 Å². The number of nitrogens with two attached hydrogens (primary N) is 1. The smallest absolute Gasteiger partial charge is 0.253 e. The Kier molecular flexibility index (Phi) is 6.22. The van der Waals surface area contributed by atoms with Crippen LogP contribution < -0.4 is 21.9 Å². The van der Waals surface area contributed by atoms with Crippen LogP contribution in [0.4, 0.5) is 10.2 Å². The van der Waals surface area contributed by atoms with Crippen molar-refractivity contribution in [1.82, 2.24) is 24.9 Å². The molecule has 4 rings (SSSR count). The van der Waals surface area contributed by atoms with Gasteiger partial charge in [-0.05, 0) is 26.3 Å². The molecule has 31 heavy (non-hydrogen) atoms. The number of alkyl halides is 1. The van der Waals surface area contributed by atoms with Crippen LogP contribution in [0.3, 0.4) is 0 Å². The summed E-state index contributed by atoms with van der Waals surface area (Å²) >= 11 is 6.21. The van der Waals surface area contributed by atoms with E-state index < -0.39 is 5.82 Å². The summed E-state index contributed by atoms with van der Waals surface area (Å²) in [6.45, 7) is 3.70. The number of nitrogens with one attached hydrogen (secondary N) is 2. The molecule has 1 fully saturated rings. The molecule has 0 radical (unpaired) electrons. The number of H-pyrrole nitrogens is 1. The summed E-state index contributed by atoms with van der Waals surface area (Å²) in [5.74, 6) is 5.43. The van der Waals surface area contributed by atoms with Gasteiger partial charge in [0.2, 0.25) is 0 Å². The standard InChI is InChI=1S/C20H26ClFN8O/c1-11(20(31)29(2)23)30-5-3-4-13(10-30)27-19-16(22)9-26-18(28-19)15-8-25-17-14(15)6-12(21)7-24-17/h6,8-9,11-13H,3-5,7,10,23H2,1-2H3,(H,24,25)(H,26,27,28)/t11?,12?,13-/m0/s1. The number of hydrogen-bond donors (Lipinski definition) is 3. The number of amides is 1. The van der Waals surface area contributed by atoms with Crippen LogP contribution in [-0.2, 0) is 4.79 Å². The molecule has 3 atom stereocenters. The lowest BCUT2D eigenvalue weighted by atomic mass is 10.0. The van der Waals surface area contributed by atoms with Crippen molar-refractivity contribution in [2.75, 3.05) is 32.0 Å². The molecule has 166 valence electrons. The molecule has 1 saturated heterocycles. The highest BCUT2D eigenvalue weighted by molar-refractivity contribution is 6.24. The van der Waals surface area contributed by atoms with Gasteiger partial charge in [0.15, 0.2) is 17.5 Å². The van der Waals surface area contributed by atoms with Crippen LogP contribution in [0, 0.1) is 5.82 Å². The van der Waals surface area contributed by atoms with Gasteiger partial charge in [-0.3, -0.25) is 19.7 Å². The Morgan fingerprint density at radius 2 is 2.32 bits per heavy atom. The quantitative estimate of drug-likeness (QED) is 0.261. The van der Waals surface area contributed by atoms with Crippen molar-refractivity contribution in [2.45, 2.75) is 37.2 Å². The second kappa shape index (κ2) is 8.89. The lowest BCUT2D eigenvalue weighted by Gasteiger charge is -2.37. The summed E-state index contributed by atoms with van der Waals surface area (Å²) in [6.07, 6.45) is 6.55. The number of likely N-dealkylation sites (tertiary alicyclic amines) is 1. The third-order valence-corrected chi connectivity index (χ3v) is 5.97. The van der Waals surface area contributed by atoms with E-state index >= 15 is 0 Å². The Bertz CT molecular complexity index is 1090. The van der Waals surface area contributed by atoms with Gasteiger partial charge in [0.1, 0.15) is 5.49 Å². The summed E-state index contributed by atoms with van der Waals surface area (Å²) in [5.41, 5.74) is 1.45. The summed E-state index contributed by atoms with van der Waals surface area (Å²) in [7, 11) is 1.53. The lowest BCUT2D eigenvalue weighted by Crippen LogP contribution is -2.53. The molecule has 4 heterocycles. The molecule has 2 aromatic heterocycles. The Balaban J connectivity index is 1.55. The Hall–Kier alpha value is -2.56. The van der Waals surface area contributed by atoms with Crippen LogP contribution in [0.2, 0.25) is 0 Å². The second-order valence-electron chi connectivity index (χ2n) is 7.98. The minimum atomic E-state index is -0.528. The summed E-state index contributed by atoms with van der Waals surface area (Å²) < 4.78 is 14.5. The van der Waals surface area contributed by atoms with Gasteiger partial charge in [0, 0.05) is 36.6 Å². The maximum absolute atomic E-state index is 14.5. The Labute approximate surface area is 184 Å². The number of piperidine rings is 1. The van der Waals surface area contributed by atoms with E-state index in [-0.39, 0.29) is 29.2 Å². The predicted octanol–water partition coefficient (Wildman–Crippen LogP) is 0.229. The number of halogens is 2. The molecule has 9 nitrogen and oxygen atoms in total. The van der Waals surface area contributed by atoms with Gasteiger partial charge in [-0.1, -0.05) is 6.08 Å². The van der Waals surface area contributed by atoms with Crippen LogP contribution in [0.5, 0.6) is 0 Å². The van der Waals surface area contributed by atoms with Gasteiger partial charge in [-0.15, -0.1) is 11.6 Å². The number of hydrogen-bond acceptors (Lipinski definition) is 7. The SMILES string of the molecule is CC(C(=O)N(C)N)N1CCC[C@H](Nc2nc(-c3c[nH]c4c3=CC(Cl)CN=4)ncc2F)C1. The van der Waals surface area contributed by atoms with E-state index in [0.29, 0.717) is 18.9 Å². The van der Waals surface area contributed by atoms with E-state index in [1.807, 2.05) is 17.9 Å². The van der Waals surface area contributed by atoms with Gasteiger partial charge < -0.3 is 10.3 Å². The van der Waals surface area contributed by atoms with Gasteiger partial charge in [0.25, 0.3) is 5.91 Å². The molecule has 0 bridgehead atoms. The van der Waals surface area contributed by atoms with Crippen LogP contribution in [0.1, 0.15) is 19.8 Å². The number of likely N-dealkylation sites (N-methyl/N-ethyl adjacent to an activating group) is 1. The minimum Gasteiger partial charge on any atom is -0.363 e. The molecule has 2 aliphatic rings. The van der Waals surface area contributed by atoms with E-state index in [2.05, 4.69) is 25.3 Å². The highest BCUT2D eigenvalue weighted by Gasteiger charge is 2.29. The molecule has 2 unspecified atom stereocenters. The summed E-state index contributed by atoms with van der Waals surface area (Å²) in [5, 5.41) is 4.92. The first kappa shape index (κ1) is 21.7. The molecule has 0 spiro atoms. The van der Waals surface area contributed by atoms with Crippen molar-refractivity contribution in [3.05, 3.63) is 28.9 Å². The zero-order valence-corrected chi connectivity index (χ0v) is 18.2. The highest BCUT2D eigenvalue weighted by Crippen LogP contribution is 2.21. The predicted molar refractivity (Wildman–Crippen MR) is 116 cm³/mol. The fourth-order valence-corrected chi connectivity index (χ4v) is 4.23. The normalized spacial score (nSPS) is 22.1. The summed E-state index contributed by atoms with van der Waals surface area (Å²) in [4.78, 5) is 30.4. The molecule has 2 aliphatic heterocycles. The van der Waals surface area contributed by atoms with Crippen LogP contribution >= 0.6 is 11.6 Å². The number of rotatable bonds is 5. The molecule has 0 aliphatic carbocycles. The van der Waals surface area contributed by atoms with Crippen molar-refractivity contribution in [3.63, 3.8) is 0 Å². The topological polar surface area (TPSA) is 116 Å². The average molecular weight is 449 g/mol. The molecular formula is C20H26ClFN8O. The molecule has 2 aromatic rings. The number of nitrogens with zero attached hydrogens (tertiary/aromatic N) is 5. The Morgan fingerprint density at radius 1 is 1.52 bits per heavy atom. The zero-order valence-electron chi connectivity index (χ0n) is 17.5. The molecule has 4 N–H and O–H groups in total. The van der Waals surface area contributed by atoms with E-state index in [1.165, 1.54) is 13.2 Å². The van der Waals surface area contributed by atoms with Crippen LogP contribution in [0.25, 0.3) is 17.5 Å². The second-order valence-corrected chi connectivity index (χ2v) is 8.54. The van der Waals surface area contributed by atoms with Crippen molar-refractivity contribution in [3.8, 4) is 11.4 Å². The third kappa shape index (κ3) is 4.56. The number of carbonyl (C=O) groups excluding carboxylic acids is 1. The van der Waals surface area contributed by atoms with Gasteiger partial charge in [-0.25, -0.2) is 20.2 Å². The van der Waals surface area contributed by atoms with Crippen LogP contribution in [0.15, 0.2) is 17.4 Å². The van der Waals surface area contributed by atoms with Crippen LogP contribution in [-0.4, -0.2) is 74.9 Å². The molecule has 0 aromatic carbocycles. The van der Waals surface area contributed by atoms with E-state index in [9.17, 15) is 9.18 Å². The van der Waals surface area contributed by atoms with Crippen molar-refractivity contribution in [2.24, 2.45) is 10.8 Å². The van der Waals surface area contributed by atoms with Crippen molar-refractivity contribution in [1.29, 1.82) is 0 Å². The Morgan fingerprint density at radius 3 is 3.10 bits per heavy atom. The number of anilines is 1. The van der Waals surface area contributed by atoms with E-state index in [4.69, 9.17) is 17.4 Å². The maximum Gasteiger partial charge on any atom is 0.253 e. The van der Waals surface area contributed by atoms with Crippen molar-refractivity contribution >= 4 is 29.4 Å². The minimum absolute atomic E-state index is 0.0572. The largest absolute Gasteiger partial charge is 0.363 e. The lowest BCUT2D eigenvalue weighted by molar-refractivity contribution is -0.135. The average Bonchev–Trinajstić information content (AvgIpc) is 3.17. The number of aromatic amines is 1. The highest BCUT2D eigenvalue weighted by atomic mass is 35.5. The first-order valence-electron chi connectivity index (χ1n) is 10.3. The zero-order chi connectivity index (χ0) is 22.1. The fourth-order valence-electron chi connectivity index (χ4n) is 4.04. The van der Waals surface area contributed by atoms with Crippen molar-refractivity contribution < 1.29 is 9.18 Å². The van der Waals surface area contributed by atoms with Gasteiger partial charge in [-0.2, -0.15) is 0 Å². The number of carbonyl (C=O) groups is 1. The monoisotopic (exact) mass is 448 g/mol.